The lowest BCUT2D eigenvalue weighted by atomic mass is 9.76. The van der Waals surface area contributed by atoms with E-state index in [0.717, 1.165) is 34.6 Å². The summed E-state index contributed by atoms with van der Waals surface area (Å²) >= 11 is 9.96. The molecule has 0 aliphatic rings. The summed E-state index contributed by atoms with van der Waals surface area (Å²) in [7, 11) is 2.08. The lowest BCUT2D eigenvalue weighted by Gasteiger charge is -2.28. The summed E-state index contributed by atoms with van der Waals surface area (Å²) in [5.41, 5.74) is 4.97. The first-order valence-corrected chi connectivity index (χ1v) is 10.4. The van der Waals surface area contributed by atoms with Gasteiger partial charge in [-0.25, -0.2) is 0 Å². The fourth-order valence-electron chi connectivity index (χ4n) is 3.17. The molecule has 2 rings (SSSR count). The molecule has 2 aromatic carbocycles. The highest BCUT2D eigenvalue weighted by molar-refractivity contribution is 9.10. The lowest BCUT2D eigenvalue weighted by Crippen LogP contribution is -2.73. The molecule has 2 nitrogen and oxygen atoms in total. The topological polar surface area (TPSA) is 28.6 Å². The highest BCUT2D eigenvalue weighted by Gasteiger charge is 2.27. The van der Waals surface area contributed by atoms with Crippen LogP contribution >= 0.6 is 27.5 Å². The van der Waals surface area contributed by atoms with Gasteiger partial charge in [-0.05, 0) is 49.6 Å². The van der Waals surface area contributed by atoms with E-state index in [1.165, 1.54) is 16.8 Å². The minimum Gasteiger partial charge on any atom is -0.385 e. The summed E-state index contributed by atoms with van der Waals surface area (Å²) in [6, 6.07) is 12.6. The molecule has 4 heteroatoms. The van der Waals surface area contributed by atoms with E-state index in [1.54, 1.807) is 0 Å². The molecule has 3 N–H and O–H groups in total. The SMILES string of the molecule is CCNc1ccc(/C=C/CC(C)(CC)c2cc(Cl)ccc2[NH2+]C)c(Br)c1. The van der Waals surface area contributed by atoms with Crippen molar-refractivity contribution >= 4 is 45.0 Å². The fourth-order valence-corrected chi connectivity index (χ4v) is 3.85. The van der Waals surface area contributed by atoms with Gasteiger partial charge in [0.2, 0.25) is 0 Å². The molecule has 0 aliphatic carbocycles. The van der Waals surface area contributed by atoms with Gasteiger partial charge < -0.3 is 10.6 Å². The third kappa shape index (κ3) is 5.12. The summed E-state index contributed by atoms with van der Waals surface area (Å²) in [4.78, 5) is 0. The van der Waals surface area contributed by atoms with Gasteiger partial charge in [0, 0.05) is 38.8 Å². The van der Waals surface area contributed by atoms with Crippen molar-refractivity contribution in [2.24, 2.45) is 0 Å². The van der Waals surface area contributed by atoms with Crippen LogP contribution in [0.2, 0.25) is 5.02 Å². The van der Waals surface area contributed by atoms with Crippen molar-refractivity contribution < 1.29 is 5.32 Å². The molecule has 1 unspecified atom stereocenters. The Hall–Kier alpha value is -1.29. The van der Waals surface area contributed by atoms with E-state index < -0.39 is 0 Å². The van der Waals surface area contributed by atoms with Crippen LogP contribution in [-0.4, -0.2) is 13.6 Å². The van der Waals surface area contributed by atoms with Crippen molar-refractivity contribution in [3.63, 3.8) is 0 Å². The largest absolute Gasteiger partial charge is 0.385 e. The number of allylic oxidation sites excluding steroid dienone is 1. The van der Waals surface area contributed by atoms with Crippen LogP contribution < -0.4 is 10.6 Å². The Morgan fingerprint density at radius 2 is 1.96 bits per heavy atom. The summed E-state index contributed by atoms with van der Waals surface area (Å²) in [6.45, 7) is 7.59. The second kappa shape index (κ2) is 9.59. The summed E-state index contributed by atoms with van der Waals surface area (Å²) in [6.07, 6.45) is 6.50. The van der Waals surface area contributed by atoms with Crippen LogP contribution in [0.4, 0.5) is 11.4 Å². The third-order valence-electron chi connectivity index (χ3n) is 5.00. The Kier molecular flexibility index (Phi) is 7.75. The van der Waals surface area contributed by atoms with Gasteiger partial charge >= 0.3 is 0 Å². The van der Waals surface area contributed by atoms with Gasteiger partial charge in [-0.15, -0.1) is 0 Å². The van der Waals surface area contributed by atoms with E-state index in [-0.39, 0.29) is 5.41 Å². The van der Waals surface area contributed by atoms with Crippen molar-refractivity contribution in [2.75, 3.05) is 18.9 Å². The minimum absolute atomic E-state index is 0.0550. The number of hydrogen-bond acceptors (Lipinski definition) is 1. The van der Waals surface area contributed by atoms with Crippen molar-refractivity contribution in [1.82, 2.24) is 0 Å². The van der Waals surface area contributed by atoms with Gasteiger partial charge in [0.15, 0.2) is 0 Å². The molecule has 0 aromatic heterocycles. The van der Waals surface area contributed by atoms with Crippen LogP contribution in [0.15, 0.2) is 46.9 Å². The minimum atomic E-state index is 0.0550. The Morgan fingerprint density at radius 3 is 2.58 bits per heavy atom. The van der Waals surface area contributed by atoms with Crippen LogP contribution in [0.1, 0.15) is 44.7 Å². The molecule has 0 saturated heterocycles. The normalized spacial score (nSPS) is 13.8. The van der Waals surface area contributed by atoms with Gasteiger partial charge in [0.05, 0.1) is 7.05 Å². The van der Waals surface area contributed by atoms with E-state index in [2.05, 4.69) is 96.9 Å². The van der Waals surface area contributed by atoms with E-state index in [1.807, 2.05) is 6.07 Å². The van der Waals surface area contributed by atoms with Gasteiger partial charge in [0.25, 0.3) is 0 Å². The fraction of sp³-hybridized carbons (Fsp3) is 0.364. The van der Waals surface area contributed by atoms with Crippen LogP contribution in [0.3, 0.4) is 0 Å². The average Bonchev–Trinajstić information content (AvgIpc) is 2.63. The van der Waals surface area contributed by atoms with Crippen LogP contribution in [0.25, 0.3) is 6.08 Å². The number of hydrogen-bond donors (Lipinski definition) is 2. The summed E-state index contributed by atoms with van der Waals surface area (Å²) in [5, 5.41) is 6.30. The first-order chi connectivity index (χ1) is 12.4. The number of anilines is 1. The molecule has 0 radical (unpaired) electrons. The van der Waals surface area contributed by atoms with Gasteiger partial charge in [-0.3, -0.25) is 0 Å². The molecule has 0 spiro atoms. The van der Waals surface area contributed by atoms with Crippen molar-refractivity contribution in [2.45, 2.75) is 39.0 Å². The molecule has 0 saturated carbocycles. The van der Waals surface area contributed by atoms with Gasteiger partial charge in [-0.1, -0.05) is 59.6 Å². The molecular formula is C22H29BrClN2+. The maximum Gasteiger partial charge on any atom is 0.133 e. The predicted molar refractivity (Wildman–Crippen MR) is 119 cm³/mol. The predicted octanol–water partition coefficient (Wildman–Crippen LogP) is 6.13. The maximum absolute atomic E-state index is 6.28. The molecule has 0 aliphatic heterocycles. The standard InChI is InChI=1S/C22H28BrClN2/c1-5-22(3,19-14-17(24)10-12-21(19)25-4)13-7-8-16-9-11-18(26-6-2)15-20(16)23/h7-12,14-15,25-26H,5-6,13H2,1-4H3/p+1/b8-7+. The average molecular weight is 437 g/mol. The zero-order valence-corrected chi connectivity index (χ0v) is 18.4. The van der Waals surface area contributed by atoms with Gasteiger partial charge in [0.1, 0.15) is 5.69 Å². The first-order valence-electron chi connectivity index (χ1n) is 9.23. The Labute approximate surface area is 171 Å². The molecule has 2 aromatic rings. The summed E-state index contributed by atoms with van der Waals surface area (Å²) in [5.74, 6) is 0. The van der Waals surface area contributed by atoms with Crippen molar-refractivity contribution in [1.29, 1.82) is 0 Å². The third-order valence-corrected chi connectivity index (χ3v) is 5.93. The number of halogens is 2. The second-order valence-electron chi connectivity index (χ2n) is 6.81. The zero-order chi connectivity index (χ0) is 19.2. The lowest BCUT2D eigenvalue weighted by molar-refractivity contribution is -0.540. The highest BCUT2D eigenvalue weighted by Crippen LogP contribution is 2.37. The first kappa shape index (κ1) is 21.0. The second-order valence-corrected chi connectivity index (χ2v) is 8.10. The quantitative estimate of drug-likeness (QED) is 0.479. The van der Waals surface area contributed by atoms with E-state index >= 15 is 0 Å². The molecule has 0 bridgehead atoms. The van der Waals surface area contributed by atoms with Crippen molar-refractivity contribution in [3.05, 3.63) is 63.1 Å². The molecule has 0 heterocycles. The molecule has 0 fully saturated rings. The maximum atomic E-state index is 6.28. The highest BCUT2D eigenvalue weighted by atomic mass is 79.9. The molecule has 0 amide bonds. The number of nitrogens with two attached hydrogens (primary N) is 1. The van der Waals surface area contributed by atoms with E-state index in [0.29, 0.717) is 0 Å². The monoisotopic (exact) mass is 435 g/mol. The number of nitrogens with one attached hydrogen (secondary N) is 1. The zero-order valence-electron chi connectivity index (χ0n) is 16.1. The van der Waals surface area contributed by atoms with Crippen LogP contribution in [0, 0.1) is 0 Å². The smallest absolute Gasteiger partial charge is 0.133 e. The summed E-state index contributed by atoms with van der Waals surface area (Å²) < 4.78 is 1.11. The molecule has 26 heavy (non-hydrogen) atoms. The van der Waals surface area contributed by atoms with E-state index in [4.69, 9.17) is 11.6 Å². The number of rotatable bonds is 8. The molecule has 140 valence electrons. The Morgan fingerprint density at radius 1 is 1.19 bits per heavy atom. The molecule has 1 atom stereocenters. The van der Waals surface area contributed by atoms with Crippen molar-refractivity contribution in [3.8, 4) is 0 Å². The van der Waals surface area contributed by atoms with Gasteiger partial charge in [-0.2, -0.15) is 0 Å². The Balaban J connectivity index is 2.23. The Bertz CT molecular complexity index is 773. The number of benzene rings is 2. The molecular weight excluding hydrogens is 408 g/mol. The van der Waals surface area contributed by atoms with Crippen LogP contribution in [-0.2, 0) is 5.41 Å². The van der Waals surface area contributed by atoms with Crippen LogP contribution in [0.5, 0.6) is 0 Å². The van der Waals surface area contributed by atoms with E-state index in [9.17, 15) is 0 Å². The number of quaternary nitrogens is 1.